The Balaban J connectivity index is 2.06. The van der Waals surface area contributed by atoms with Gasteiger partial charge in [0.2, 0.25) is 5.76 Å². The first-order valence-corrected chi connectivity index (χ1v) is 9.87. The minimum Gasteiger partial charge on any atom is -0.454 e. The fraction of sp³-hybridized carbons (Fsp3) is 0.231. The fourth-order valence-corrected chi connectivity index (χ4v) is 3.30. The Morgan fingerprint density at radius 2 is 1.72 bits per heavy atom. The molecule has 12 heteroatoms. The van der Waals surface area contributed by atoms with E-state index in [9.17, 15) is 30.0 Å². The van der Waals surface area contributed by atoms with Crippen molar-refractivity contribution in [3.05, 3.63) is 47.9 Å². The molecule has 0 amide bonds. The second-order valence-corrected chi connectivity index (χ2v) is 8.55. The summed E-state index contributed by atoms with van der Waals surface area (Å²) >= 11 is 0. The summed E-state index contributed by atoms with van der Waals surface area (Å²) in [5.41, 5.74) is 0. The molecule has 0 fully saturated rings. The molecule has 138 valence electrons. The van der Waals surface area contributed by atoms with E-state index in [0.29, 0.717) is 6.07 Å². The molecule has 0 aliphatic carbocycles. The second-order valence-electron chi connectivity index (χ2n) is 4.89. The lowest BCUT2D eigenvalue weighted by atomic mass is 10.4. The number of furan rings is 1. The van der Waals surface area contributed by atoms with Crippen LogP contribution in [0.3, 0.4) is 0 Å². The van der Waals surface area contributed by atoms with E-state index in [2.05, 4.69) is 9.25 Å². The van der Waals surface area contributed by atoms with Crippen LogP contribution in [0.25, 0.3) is 0 Å². The van der Waals surface area contributed by atoms with Gasteiger partial charge in [-0.15, -0.1) is 0 Å². The molecule has 0 aliphatic rings. The molecular formula is C13H12F3NO6S2. The molecular weight excluding hydrogens is 387 g/mol. The maximum Gasteiger partial charge on any atom is 0.449 e. The van der Waals surface area contributed by atoms with Gasteiger partial charge < -0.3 is 4.42 Å². The monoisotopic (exact) mass is 399 g/mol. The highest BCUT2D eigenvalue weighted by Crippen LogP contribution is 2.30. The Hall–Kier alpha value is -1.89. The molecule has 1 heterocycles. The van der Waals surface area contributed by atoms with Crippen LogP contribution in [-0.2, 0) is 37.5 Å². The molecule has 1 aromatic carbocycles. The third kappa shape index (κ3) is 5.04. The van der Waals surface area contributed by atoms with Crippen LogP contribution in [0.1, 0.15) is 11.5 Å². The molecule has 7 nitrogen and oxygen atoms in total. The van der Waals surface area contributed by atoms with Gasteiger partial charge in [0, 0.05) is 6.26 Å². The molecule has 0 bridgehead atoms. The van der Waals surface area contributed by atoms with Crippen molar-refractivity contribution >= 4 is 19.9 Å². The summed E-state index contributed by atoms with van der Waals surface area (Å²) < 4.78 is 88.5. The lowest BCUT2D eigenvalue weighted by Gasteiger charge is -2.07. The van der Waals surface area contributed by atoms with Gasteiger partial charge in [-0.05, 0) is 30.3 Å². The highest BCUT2D eigenvalue weighted by Gasteiger charge is 2.34. The second kappa shape index (κ2) is 6.78. The highest BCUT2D eigenvalue weighted by molar-refractivity contribution is 7.91. The molecule has 0 aliphatic heterocycles. The minimum atomic E-state index is -4.66. The first-order chi connectivity index (χ1) is 11.4. The molecule has 2 rings (SSSR count). The van der Waals surface area contributed by atoms with Gasteiger partial charge >= 0.3 is 6.18 Å². The van der Waals surface area contributed by atoms with Crippen LogP contribution in [-0.4, -0.2) is 23.1 Å². The first-order valence-electron chi connectivity index (χ1n) is 6.49. The fourth-order valence-electron chi connectivity index (χ4n) is 1.71. The zero-order valence-corrected chi connectivity index (χ0v) is 14.2. The first kappa shape index (κ1) is 19.4. The number of sulfonamides is 1. The molecule has 0 atom stereocenters. The van der Waals surface area contributed by atoms with E-state index in [1.165, 1.54) is 12.1 Å². The predicted molar refractivity (Wildman–Crippen MR) is 78.4 cm³/mol. The Bertz CT molecular complexity index is 964. The summed E-state index contributed by atoms with van der Waals surface area (Å²) in [6.45, 7) is -0.596. The number of alkyl halides is 3. The average molecular weight is 399 g/mol. The van der Waals surface area contributed by atoms with Gasteiger partial charge in [0.05, 0.1) is 9.79 Å². The number of benzene rings is 1. The van der Waals surface area contributed by atoms with Gasteiger partial charge in [-0.3, -0.25) is 4.84 Å². The standard InChI is InChI=1S/C13H12F3NO6S2/c1-24(18,19)10-3-2-4-11(7-10)25(20,21)17-22-8-9-5-6-12(23-9)13(14,15)16/h2-7,17H,8H2,1H3. The van der Waals surface area contributed by atoms with Crippen molar-refractivity contribution in [2.75, 3.05) is 6.26 Å². The van der Waals surface area contributed by atoms with Gasteiger partial charge in [0.1, 0.15) is 12.4 Å². The third-order valence-corrected chi connectivity index (χ3v) is 5.19. The lowest BCUT2D eigenvalue weighted by Crippen LogP contribution is -2.24. The smallest absolute Gasteiger partial charge is 0.449 e. The SMILES string of the molecule is CS(=O)(=O)c1cccc(S(=O)(=O)NOCc2ccc(C(F)(F)F)o2)c1. The number of sulfone groups is 1. The van der Waals surface area contributed by atoms with Crippen LogP contribution < -0.4 is 4.89 Å². The molecule has 0 radical (unpaired) electrons. The molecule has 25 heavy (non-hydrogen) atoms. The summed E-state index contributed by atoms with van der Waals surface area (Å²) in [5, 5.41) is 0. The molecule has 1 N–H and O–H groups in total. The quantitative estimate of drug-likeness (QED) is 0.747. The lowest BCUT2D eigenvalue weighted by molar-refractivity contribution is -0.153. The Kier molecular flexibility index (Phi) is 5.27. The number of hydrogen-bond donors (Lipinski definition) is 1. The van der Waals surface area contributed by atoms with Crippen molar-refractivity contribution in [3.8, 4) is 0 Å². The van der Waals surface area contributed by atoms with Crippen molar-refractivity contribution < 1.29 is 39.3 Å². The van der Waals surface area contributed by atoms with Crippen molar-refractivity contribution in [2.24, 2.45) is 0 Å². The van der Waals surface area contributed by atoms with Crippen LogP contribution >= 0.6 is 0 Å². The molecule has 1 aromatic heterocycles. The summed E-state index contributed by atoms with van der Waals surface area (Å²) in [7, 11) is -7.85. The number of hydrogen-bond acceptors (Lipinski definition) is 6. The van der Waals surface area contributed by atoms with Gasteiger partial charge in [0.25, 0.3) is 10.0 Å². The maximum atomic E-state index is 12.4. The number of nitrogens with one attached hydrogen (secondary N) is 1. The van der Waals surface area contributed by atoms with E-state index >= 15 is 0 Å². The topological polar surface area (TPSA) is 103 Å². The van der Waals surface area contributed by atoms with E-state index in [1.807, 2.05) is 0 Å². The van der Waals surface area contributed by atoms with Crippen LogP contribution in [0.5, 0.6) is 0 Å². The van der Waals surface area contributed by atoms with Gasteiger partial charge in [0.15, 0.2) is 9.84 Å². The van der Waals surface area contributed by atoms with Gasteiger partial charge in [-0.25, -0.2) is 16.8 Å². The third-order valence-electron chi connectivity index (χ3n) is 2.87. The molecule has 0 saturated carbocycles. The van der Waals surface area contributed by atoms with Crippen LogP contribution in [0.15, 0.2) is 50.6 Å². The summed E-state index contributed by atoms with van der Waals surface area (Å²) in [6, 6.07) is 6.18. The largest absolute Gasteiger partial charge is 0.454 e. The molecule has 2 aromatic rings. The number of halogens is 3. The normalized spacial score (nSPS) is 13.1. The van der Waals surface area contributed by atoms with Crippen LogP contribution in [0.2, 0.25) is 0 Å². The Labute approximate surface area is 141 Å². The Morgan fingerprint density at radius 1 is 1.08 bits per heavy atom. The summed E-state index contributed by atoms with van der Waals surface area (Å²) in [4.78, 5) is 5.73. The van der Waals surface area contributed by atoms with Crippen LogP contribution in [0.4, 0.5) is 13.2 Å². The van der Waals surface area contributed by atoms with Crippen molar-refractivity contribution in [1.29, 1.82) is 0 Å². The van der Waals surface area contributed by atoms with Gasteiger partial charge in [-0.1, -0.05) is 11.0 Å². The minimum absolute atomic E-state index is 0.212. The van der Waals surface area contributed by atoms with Crippen molar-refractivity contribution in [3.63, 3.8) is 0 Å². The van der Waals surface area contributed by atoms with E-state index < -0.39 is 38.4 Å². The van der Waals surface area contributed by atoms with E-state index in [4.69, 9.17) is 0 Å². The van der Waals surface area contributed by atoms with Crippen LogP contribution in [0, 0.1) is 0 Å². The van der Waals surface area contributed by atoms with Crippen molar-refractivity contribution in [2.45, 2.75) is 22.6 Å². The average Bonchev–Trinajstić information content (AvgIpc) is 2.95. The van der Waals surface area contributed by atoms with Crippen molar-refractivity contribution in [1.82, 2.24) is 4.89 Å². The van der Waals surface area contributed by atoms with E-state index in [-0.39, 0.29) is 15.6 Å². The molecule has 0 saturated heterocycles. The zero-order chi connectivity index (χ0) is 18.9. The van der Waals surface area contributed by atoms with E-state index in [1.54, 1.807) is 4.89 Å². The predicted octanol–water partition coefficient (Wildman–Crippen LogP) is 2.11. The maximum absolute atomic E-state index is 12.4. The zero-order valence-electron chi connectivity index (χ0n) is 12.6. The highest BCUT2D eigenvalue weighted by atomic mass is 32.2. The Morgan fingerprint density at radius 3 is 2.28 bits per heavy atom. The van der Waals surface area contributed by atoms with Gasteiger partial charge in [-0.2, -0.15) is 13.2 Å². The van der Waals surface area contributed by atoms with E-state index in [0.717, 1.165) is 24.5 Å². The molecule has 0 unspecified atom stereocenters. The summed E-state index contributed by atoms with van der Waals surface area (Å²) in [6.07, 6.45) is -3.75. The number of rotatable bonds is 6. The summed E-state index contributed by atoms with van der Waals surface area (Å²) in [5.74, 6) is -1.49. The molecule has 0 spiro atoms.